The van der Waals surface area contributed by atoms with Gasteiger partial charge >= 0.3 is 0 Å². The highest BCUT2D eigenvalue weighted by molar-refractivity contribution is 5.84. The fraction of sp³-hybridized carbons (Fsp3) is 0.722. The third kappa shape index (κ3) is 4.66. The molecule has 0 aromatic heterocycles. The fourth-order valence-corrected chi connectivity index (χ4v) is 3.57. The first-order valence-corrected chi connectivity index (χ1v) is 8.79. The molecule has 0 saturated heterocycles. The number of carbonyl (C=O) groups is 1. The average Bonchev–Trinajstić information content (AvgIpc) is 2.54. The van der Waals surface area contributed by atoms with Crippen LogP contribution < -0.4 is 5.32 Å². The predicted octanol–water partition coefficient (Wildman–Crippen LogP) is 4.33. The number of nitro groups is 1. The molecule has 2 aliphatic rings. The van der Waals surface area contributed by atoms with E-state index in [9.17, 15) is 14.9 Å². The van der Waals surface area contributed by atoms with Gasteiger partial charge in [-0.15, -0.1) is 0 Å². The normalized spacial score (nSPS) is 20.7. The van der Waals surface area contributed by atoms with Gasteiger partial charge in [0.15, 0.2) is 0 Å². The standard InChI is InChI=1S/C18H28N2O3/c1-14(2)9-12-18(10-4-3-5-11-18)17(21)19-15-7-6-8-16(13-15)20(22)23/h8,13-14H,3-7,9-12H2,1-2H3,(H,19,21). The third-order valence-electron chi connectivity index (χ3n) is 5.07. The Kier molecular flexibility index (Phi) is 5.97. The molecule has 1 saturated carbocycles. The number of carbonyl (C=O) groups excluding carboxylic acids is 1. The van der Waals surface area contributed by atoms with E-state index in [2.05, 4.69) is 19.2 Å². The molecular weight excluding hydrogens is 292 g/mol. The Morgan fingerprint density at radius 1 is 1.35 bits per heavy atom. The molecule has 1 amide bonds. The Hall–Kier alpha value is -1.65. The maximum Gasteiger partial charge on any atom is 0.267 e. The van der Waals surface area contributed by atoms with Gasteiger partial charge in [-0.25, -0.2) is 0 Å². The summed E-state index contributed by atoms with van der Waals surface area (Å²) in [5.41, 5.74) is 0.504. The van der Waals surface area contributed by atoms with Crippen LogP contribution in [0.2, 0.25) is 0 Å². The predicted molar refractivity (Wildman–Crippen MR) is 90.1 cm³/mol. The molecule has 1 fully saturated rings. The molecule has 0 heterocycles. The van der Waals surface area contributed by atoms with Crippen LogP contribution in [0.1, 0.15) is 71.6 Å². The Bertz CT molecular complexity index is 514. The fourth-order valence-electron chi connectivity index (χ4n) is 3.57. The molecule has 0 bridgehead atoms. The summed E-state index contributed by atoms with van der Waals surface area (Å²) in [7, 11) is 0. The first kappa shape index (κ1) is 17.7. The van der Waals surface area contributed by atoms with E-state index in [1.165, 1.54) is 12.5 Å². The zero-order valence-electron chi connectivity index (χ0n) is 14.3. The van der Waals surface area contributed by atoms with Gasteiger partial charge in [-0.2, -0.15) is 0 Å². The second-order valence-corrected chi connectivity index (χ2v) is 7.32. The third-order valence-corrected chi connectivity index (χ3v) is 5.07. The van der Waals surface area contributed by atoms with Crippen molar-refractivity contribution in [3.63, 3.8) is 0 Å². The van der Waals surface area contributed by atoms with Crippen molar-refractivity contribution >= 4 is 5.91 Å². The molecule has 128 valence electrons. The van der Waals surface area contributed by atoms with E-state index >= 15 is 0 Å². The zero-order chi connectivity index (χ0) is 16.9. The van der Waals surface area contributed by atoms with Crippen LogP contribution in [0.25, 0.3) is 0 Å². The molecule has 2 rings (SSSR count). The summed E-state index contributed by atoms with van der Waals surface area (Å²) in [6, 6.07) is 0. The number of rotatable bonds is 6. The van der Waals surface area contributed by atoms with E-state index in [-0.39, 0.29) is 21.9 Å². The topological polar surface area (TPSA) is 72.2 Å². The molecule has 0 atom stereocenters. The van der Waals surface area contributed by atoms with Crippen LogP contribution in [0.4, 0.5) is 0 Å². The first-order chi connectivity index (χ1) is 10.9. The van der Waals surface area contributed by atoms with Crippen LogP contribution in [-0.4, -0.2) is 10.8 Å². The van der Waals surface area contributed by atoms with Crippen molar-refractivity contribution < 1.29 is 9.72 Å². The molecule has 1 N–H and O–H groups in total. The smallest absolute Gasteiger partial charge is 0.267 e. The monoisotopic (exact) mass is 320 g/mol. The van der Waals surface area contributed by atoms with E-state index in [1.54, 1.807) is 6.08 Å². The summed E-state index contributed by atoms with van der Waals surface area (Å²) in [5.74, 6) is 0.660. The number of hydrogen-bond donors (Lipinski definition) is 1. The van der Waals surface area contributed by atoms with E-state index in [4.69, 9.17) is 0 Å². The van der Waals surface area contributed by atoms with Crippen molar-refractivity contribution in [1.29, 1.82) is 0 Å². The van der Waals surface area contributed by atoms with Crippen LogP contribution in [0.15, 0.2) is 23.5 Å². The van der Waals surface area contributed by atoms with Gasteiger partial charge in [-0.05, 0) is 50.5 Å². The van der Waals surface area contributed by atoms with E-state index in [0.717, 1.165) is 38.5 Å². The van der Waals surface area contributed by atoms with Gasteiger partial charge in [-0.1, -0.05) is 33.1 Å². The Labute approximate surface area is 138 Å². The molecule has 0 radical (unpaired) electrons. The summed E-state index contributed by atoms with van der Waals surface area (Å²) in [5, 5.41) is 13.9. The lowest BCUT2D eigenvalue weighted by atomic mass is 9.69. The summed E-state index contributed by atoms with van der Waals surface area (Å²) >= 11 is 0. The minimum absolute atomic E-state index is 0.0775. The second kappa shape index (κ2) is 7.75. The molecule has 0 aromatic carbocycles. The van der Waals surface area contributed by atoms with Crippen molar-refractivity contribution in [2.75, 3.05) is 0 Å². The zero-order valence-corrected chi connectivity index (χ0v) is 14.3. The minimum atomic E-state index is -0.388. The highest BCUT2D eigenvalue weighted by Crippen LogP contribution is 2.41. The van der Waals surface area contributed by atoms with Crippen molar-refractivity contribution in [3.05, 3.63) is 33.7 Å². The van der Waals surface area contributed by atoms with Gasteiger partial charge in [-0.3, -0.25) is 14.9 Å². The summed E-state index contributed by atoms with van der Waals surface area (Å²) < 4.78 is 0. The van der Waals surface area contributed by atoms with Gasteiger partial charge in [0.1, 0.15) is 0 Å². The molecular formula is C18H28N2O3. The van der Waals surface area contributed by atoms with Gasteiger partial charge in [0.25, 0.3) is 5.70 Å². The van der Waals surface area contributed by atoms with Crippen LogP contribution in [0.5, 0.6) is 0 Å². The number of amides is 1. The summed E-state index contributed by atoms with van der Waals surface area (Å²) in [6.45, 7) is 4.37. The van der Waals surface area contributed by atoms with Crippen LogP contribution in [0.3, 0.4) is 0 Å². The quantitative estimate of drug-likeness (QED) is 0.585. The maximum absolute atomic E-state index is 12.9. The lowest BCUT2D eigenvalue weighted by molar-refractivity contribution is -0.419. The first-order valence-electron chi connectivity index (χ1n) is 8.79. The van der Waals surface area contributed by atoms with Crippen molar-refractivity contribution in [2.45, 2.75) is 71.6 Å². The Morgan fingerprint density at radius 3 is 2.65 bits per heavy atom. The van der Waals surface area contributed by atoms with E-state index in [1.807, 2.05) is 0 Å². The molecule has 0 unspecified atom stereocenters. The summed E-state index contributed by atoms with van der Waals surface area (Å²) in [4.78, 5) is 23.5. The largest absolute Gasteiger partial charge is 0.329 e. The van der Waals surface area contributed by atoms with Crippen molar-refractivity contribution in [3.8, 4) is 0 Å². The highest BCUT2D eigenvalue weighted by atomic mass is 16.6. The lowest BCUT2D eigenvalue weighted by Crippen LogP contribution is -2.42. The molecule has 0 aromatic rings. The van der Waals surface area contributed by atoms with Gasteiger partial charge in [0.05, 0.1) is 4.92 Å². The minimum Gasteiger partial charge on any atom is -0.329 e. The summed E-state index contributed by atoms with van der Waals surface area (Å²) in [6.07, 6.45) is 11.7. The molecule has 5 heteroatoms. The average molecular weight is 320 g/mol. The van der Waals surface area contributed by atoms with Crippen molar-refractivity contribution in [2.24, 2.45) is 11.3 Å². The maximum atomic E-state index is 12.9. The lowest BCUT2D eigenvalue weighted by Gasteiger charge is -2.37. The SMILES string of the molecule is CC(C)CCC1(C(=O)NC2=CC([N+](=O)[O-])=CCC2)CCCCC1. The van der Waals surface area contributed by atoms with Crippen LogP contribution in [0, 0.1) is 21.4 Å². The van der Waals surface area contributed by atoms with Gasteiger partial charge < -0.3 is 5.32 Å². The molecule has 23 heavy (non-hydrogen) atoms. The molecule has 5 nitrogen and oxygen atoms in total. The van der Waals surface area contributed by atoms with Crippen LogP contribution >= 0.6 is 0 Å². The van der Waals surface area contributed by atoms with Gasteiger partial charge in [0.2, 0.25) is 5.91 Å². The van der Waals surface area contributed by atoms with E-state index in [0.29, 0.717) is 24.5 Å². The van der Waals surface area contributed by atoms with E-state index < -0.39 is 0 Å². The Morgan fingerprint density at radius 2 is 2.04 bits per heavy atom. The number of nitrogens with zero attached hydrogens (tertiary/aromatic N) is 1. The number of allylic oxidation sites excluding steroid dienone is 3. The number of hydrogen-bond acceptors (Lipinski definition) is 3. The van der Waals surface area contributed by atoms with Gasteiger partial charge in [0, 0.05) is 17.2 Å². The number of nitrogens with one attached hydrogen (secondary N) is 1. The highest BCUT2D eigenvalue weighted by Gasteiger charge is 2.39. The second-order valence-electron chi connectivity index (χ2n) is 7.32. The molecule has 0 spiro atoms. The molecule has 0 aliphatic heterocycles. The Balaban J connectivity index is 2.08. The van der Waals surface area contributed by atoms with Crippen molar-refractivity contribution in [1.82, 2.24) is 5.32 Å². The molecule has 2 aliphatic carbocycles. The van der Waals surface area contributed by atoms with Crippen LogP contribution in [-0.2, 0) is 4.79 Å².